The minimum atomic E-state index is -0.970. The number of fused-ring (bicyclic) bond motifs is 1. The first kappa shape index (κ1) is 31.5. The molecular formula is C31H39N5O7. The number of aromatic carboxylic acids is 1. The molecule has 12 heteroatoms. The number of aromatic nitrogens is 1. The Morgan fingerprint density at radius 1 is 1.16 bits per heavy atom. The summed E-state index contributed by atoms with van der Waals surface area (Å²) in [7, 11) is 1.96. The molecule has 0 bridgehead atoms. The lowest BCUT2D eigenvalue weighted by Crippen LogP contribution is -2.47. The number of urea groups is 1. The SMILES string of the molecule is Cc1noc(C)c1NC(=O)Nc1ccc2c(c1)CC(=O)N([C@@H](C)CO)C[C@H](C)[C@@H](CN(C)Cc1ccc(C(=O)O)cc1)O2. The van der Waals surface area contributed by atoms with Crippen molar-refractivity contribution in [2.24, 2.45) is 5.92 Å². The third-order valence-corrected chi connectivity index (χ3v) is 7.59. The number of carboxylic acid groups (broad SMARTS) is 1. The van der Waals surface area contributed by atoms with Crippen LogP contribution >= 0.6 is 0 Å². The first-order valence-corrected chi connectivity index (χ1v) is 14.2. The number of nitrogens with one attached hydrogen (secondary N) is 2. The van der Waals surface area contributed by atoms with Crippen LogP contribution in [0, 0.1) is 19.8 Å². The second-order valence-corrected chi connectivity index (χ2v) is 11.2. The number of aliphatic hydroxyl groups excluding tert-OH is 1. The Balaban J connectivity index is 1.55. The van der Waals surface area contributed by atoms with Crippen LogP contribution in [0.25, 0.3) is 0 Å². The lowest BCUT2D eigenvalue weighted by Gasteiger charge is -2.34. The second-order valence-electron chi connectivity index (χ2n) is 11.2. The zero-order valence-electron chi connectivity index (χ0n) is 25.1. The molecule has 4 N–H and O–H groups in total. The fraction of sp³-hybridized carbons (Fsp3) is 0.419. The van der Waals surface area contributed by atoms with E-state index in [-0.39, 0.29) is 42.6 Å². The van der Waals surface area contributed by atoms with Crippen LogP contribution < -0.4 is 15.4 Å². The maximum atomic E-state index is 13.5. The molecule has 230 valence electrons. The number of rotatable bonds is 9. The quantitative estimate of drug-likeness (QED) is 0.289. The van der Waals surface area contributed by atoms with Gasteiger partial charge in [-0.1, -0.05) is 24.2 Å². The smallest absolute Gasteiger partial charge is 0.335 e. The number of hydrogen-bond donors (Lipinski definition) is 4. The number of nitrogens with zero attached hydrogens (tertiary/aromatic N) is 3. The summed E-state index contributed by atoms with van der Waals surface area (Å²) < 4.78 is 11.7. The molecule has 12 nitrogen and oxygen atoms in total. The number of hydrogen-bond acceptors (Lipinski definition) is 8. The van der Waals surface area contributed by atoms with E-state index in [1.165, 1.54) is 0 Å². The molecule has 0 radical (unpaired) electrons. The zero-order valence-corrected chi connectivity index (χ0v) is 25.1. The Morgan fingerprint density at radius 2 is 1.88 bits per heavy atom. The first-order valence-electron chi connectivity index (χ1n) is 14.2. The van der Waals surface area contributed by atoms with Gasteiger partial charge < -0.3 is 35.0 Å². The van der Waals surface area contributed by atoms with Crippen molar-refractivity contribution in [3.05, 3.63) is 70.6 Å². The van der Waals surface area contributed by atoms with Crippen LogP contribution in [0.5, 0.6) is 5.75 Å². The molecule has 3 aromatic rings. The third-order valence-electron chi connectivity index (χ3n) is 7.59. The van der Waals surface area contributed by atoms with E-state index >= 15 is 0 Å². The minimum absolute atomic E-state index is 0.0336. The van der Waals surface area contributed by atoms with Crippen LogP contribution in [-0.4, -0.2) is 82.0 Å². The summed E-state index contributed by atoms with van der Waals surface area (Å²) in [6.07, 6.45) is -0.283. The molecule has 0 unspecified atom stereocenters. The molecule has 1 aliphatic heterocycles. The summed E-state index contributed by atoms with van der Waals surface area (Å²) >= 11 is 0. The van der Waals surface area contributed by atoms with E-state index in [1.807, 2.05) is 20.9 Å². The number of carboxylic acids is 1. The van der Waals surface area contributed by atoms with Crippen LogP contribution in [-0.2, 0) is 17.8 Å². The largest absolute Gasteiger partial charge is 0.488 e. The molecule has 4 rings (SSSR count). The number of carbonyl (C=O) groups is 3. The molecule has 3 amide bonds. The number of likely N-dealkylation sites (N-methyl/N-ethyl adjacent to an activating group) is 1. The Kier molecular flexibility index (Phi) is 10.0. The van der Waals surface area contributed by atoms with Gasteiger partial charge in [-0.3, -0.25) is 9.69 Å². The van der Waals surface area contributed by atoms with E-state index in [0.29, 0.717) is 53.8 Å². The van der Waals surface area contributed by atoms with Gasteiger partial charge in [0, 0.05) is 36.8 Å². The molecule has 1 aliphatic rings. The van der Waals surface area contributed by atoms with Crippen molar-refractivity contribution in [1.29, 1.82) is 0 Å². The van der Waals surface area contributed by atoms with E-state index in [4.69, 9.17) is 9.26 Å². The summed E-state index contributed by atoms with van der Waals surface area (Å²) in [6, 6.07) is 11.1. The van der Waals surface area contributed by atoms with Gasteiger partial charge >= 0.3 is 12.0 Å². The van der Waals surface area contributed by atoms with Crippen molar-refractivity contribution >= 4 is 29.3 Å². The van der Waals surface area contributed by atoms with Crippen molar-refractivity contribution < 1.29 is 33.9 Å². The van der Waals surface area contributed by atoms with E-state index in [0.717, 1.165) is 5.56 Å². The third kappa shape index (κ3) is 7.90. The molecule has 1 aromatic heterocycles. The Hall–Kier alpha value is -4.42. The predicted octanol–water partition coefficient (Wildman–Crippen LogP) is 3.91. The normalized spacial score (nSPS) is 17.7. The monoisotopic (exact) mass is 593 g/mol. The Labute approximate surface area is 250 Å². The summed E-state index contributed by atoms with van der Waals surface area (Å²) in [6.45, 7) is 8.57. The van der Waals surface area contributed by atoms with Crippen LogP contribution in [0.1, 0.15) is 46.8 Å². The number of benzene rings is 2. The van der Waals surface area contributed by atoms with Crippen molar-refractivity contribution in [2.45, 2.75) is 52.8 Å². The highest BCUT2D eigenvalue weighted by molar-refractivity contribution is 6.00. The number of aliphatic hydroxyl groups is 1. The number of anilines is 2. The first-order chi connectivity index (χ1) is 20.4. The van der Waals surface area contributed by atoms with Crippen LogP contribution in [0.2, 0.25) is 0 Å². The summed E-state index contributed by atoms with van der Waals surface area (Å²) in [5.41, 5.74) is 3.33. The van der Waals surface area contributed by atoms with Crippen LogP contribution in [0.3, 0.4) is 0 Å². The lowest BCUT2D eigenvalue weighted by atomic mass is 10.0. The molecule has 0 spiro atoms. The molecular weight excluding hydrogens is 554 g/mol. The second kappa shape index (κ2) is 13.7. The number of ether oxygens (including phenoxy) is 1. The topological polar surface area (TPSA) is 157 Å². The van der Waals surface area contributed by atoms with Crippen molar-refractivity contribution in [3.63, 3.8) is 0 Å². The van der Waals surface area contributed by atoms with Gasteiger partial charge in [-0.25, -0.2) is 9.59 Å². The van der Waals surface area contributed by atoms with E-state index in [2.05, 4.69) is 20.7 Å². The van der Waals surface area contributed by atoms with Crippen molar-refractivity contribution in [1.82, 2.24) is 15.0 Å². The fourth-order valence-electron chi connectivity index (χ4n) is 5.10. The van der Waals surface area contributed by atoms with Crippen LogP contribution in [0.4, 0.5) is 16.2 Å². The summed E-state index contributed by atoms with van der Waals surface area (Å²) in [5, 5.41) is 28.5. The van der Waals surface area contributed by atoms with Crippen molar-refractivity contribution in [3.8, 4) is 5.75 Å². The molecule has 43 heavy (non-hydrogen) atoms. The molecule has 2 aromatic carbocycles. The predicted molar refractivity (Wildman–Crippen MR) is 160 cm³/mol. The van der Waals surface area contributed by atoms with Gasteiger partial charge in [0.05, 0.1) is 24.6 Å². The number of carbonyl (C=O) groups excluding carboxylic acids is 2. The molecule has 0 aliphatic carbocycles. The Bertz CT molecular complexity index is 1440. The van der Waals surface area contributed by atoms with Gasteiger partial charge in [0.15, 0.2) is 5.76 Å². The highest BCUT2D eigenvalue weighted by Crippen LogP contribution is 2.30. The van der Waals surface area contributed by atoms with Gasteiger partial charge in [-0.05, 0) is 63.7 Å². The van der Waals surface area contributed by atoms with E-state index in [1.54, 1.807) is 61.2 Å². The minimum Gasteiger partial charge on any atom is -0.488 e. The number of aryl methyl sites for hydroxylation is 2. The van der Waals surface area contributed by atoms with E-state index in [9.17, 15) is 24.6 Å². The van der Waals surface area contributed by atoms with Gasteiger partial charge in [0.1, 0.15) is 23.2 Å². The fourth-order valence-corrected chi connectivity index (χ4v) is 5.10. The maximum Gasteiger partial charge on any atom is 0.335 e. The van der Waals surface area contributed by atoms with Gasteiger partial charge in [0.2, 0.25) is 5.91 Å². The molecule has 0 saturated heterocycles. The molecule has 2 heterocycles. The van der Waals surface area contributed by atoms with Crippen LogP contribution in [0.15, 0.2) is 47.0 Å². The maximum absolute atomic E-state index is 13.5. The number of amides is 3. The summed E-state index contributed by atoms with van der Waals surface area (Å²) in [5.74, 6) is -0.175. The zero-order chi connectivity index (χ0) is 31.3. The summed E-state index contributed by atoms with van der Waals surface area (Å²) in [4.78, 5) is 41.2. The highest BCUT2D eigenvalue weighted by Gasteiger charge is 2.31. The lowest BCUT2D eigenvalue weighted by molar-refractivity contribution is -0.134. The average molecular weight is 594 g/mol. The molecule has 0 fully saturated rings. The molecule has 3 atom stereocenters. The Morgan fingerprint density at radius 3 is 2.51 bits per heavy atom. The standard InChI is InChI=1S/C31H39N5O7/c1-18-14-36(19(2)17-37)28(38)13-24-12-25(32-31(41)33-29-20(3)34-43-21(29)4)10-11-26(24)42-27(18)16-35(5)15-22-6-8-23(9-7-22)30(39)40/h6-12,18-19,27,37H,13-17H2,1-5H3,(H,39,40)(H2,32,33,41)/t18-,19-,27+/m0/s1. The van der Waals surface area contributed by atoms with Crippen molar-refractivity contribution in [2.75, 3.05) is 37.4 Å². The average Bonchev–Trinajstić information content (AvgIpc) is 3.29. The van der Waals surface area contributed by atoms with Gasteiger partial charge in [-0.15, -0.1) is 0 Å². The van der Waals surface area contributed by atoms with Gasteiger partial charge in [0.25, 0.3) is 0 Å². The van der Waals surface area contributed by atoms with Gasteiger partial charge in [-0.2, -0.15) is 0 Å². The highest BCUT2D eigenvalue weighted by atomic mass is 16.5. The van der Waals surface area contributed by atoms with E-state index < -0.39 is 12.0 Å². The molecule has 0 saturated carbocycles.